The summed E-state index contributed by atoms with van der Waals surface area (Å²) in [5, 5.41) is 11.8. The molecule has 5 rings (SSSR count). The second kappa shape index (κ2) is 12.0. The van der Waals surface area contributed by atoms with Crippen LogP contribution in [0.3, 0.4) is 0 Å². The van der Waals surface area contributed by atoms with Gasteiger partial charge in [-0.3, -0.25) is 14.4 Å². The monoisotopic (exact) mass is 621 g/mol. The van der Waals surface area contributed by atoms with Crippen molar-refractivity contribution in [3.8, 4) is 0 Å². The highest BCUT2D eigenvalue weighted by molar-refractivity contribution is 7.88. The standard InChI is InChI=1S/C26H29Cl2N7O5S/c1-34-22(29-32-33-34)14-40-30-25(36)23-16-7-3-4-8-17(16)26(37)35(24(23)18-12-11-15(27)13-19(18)28)21-10-6-5-9-20(21)31-41(2,38)39/h3-4,7-8,11-13,20-21,23-24,31H,5-6,9-10,14H2,1-2H3,(H,30,36)/t20-,21?,23+,24-/m0/s1. The van der Waals surface area contributed by atoms with E-state index in [2.05, 4.69) is 25.7 Å². The van der Waals surface area contributed by atoms with Crippen LogP contribution in [0.2, 0.25) is 10.0 Å². The summed E-state index contributed by atoms with van der Waals surface area (Å²) < 4.78 is 28.8. The highest BCUT2D eigenvalue weighted by atomic mass is 35.5. The van der Waals surface area contributed by atoms with Gasteiger partial charge in [0, 0.05) is 34.7 Å². The topological polar surface area (TPSA) is 148 Å². The molecule has 2 N–H and O–H groups in total. The van der Waals surface area contributed by atoms with Gasteiger partial charge in [-0.15, -0.1) is 5.10 Å². The van der Waals surface area contributed by atoms with E-state index in [1.807, 2.05) is 0 Å². The van der Waals surface area contributed by atoms with E-state index in [0.717, 1.165) is 19.1 Å². The maximum atomic E-state index is 14.3. The Hall–Kier alpha value is -3.10. The molecule has 4 atom stereocenters. The molecule has 1 aromatic heterocycles. The van der Waals surface area contributed by atoms with Gasteiger partial charge in [-0.25, -0.2) is 23.3 Å². The summed E-state index contributed by atoms with van der Waals surface area (Å²) in [5.74, 6) is -1.41. The van der Waals surface area contributed by atoms with Crippen molar-refractivity contribution in [2.24, 2.45) is 7.05 Å². The van der Waals surface area contributed by atoms with E-state index in [9.17, 15) is 18.0 Å². The van der Waals surface area contributed by atoms with Crippen LogP contribution in [-0.4, -0.2) is 63.7 Å². The molecule has 1 aliphatic heterocycles. The van der Waals surface area contributed by atoms with Crippen molar-refractivity contribution < 1.29 is 22.8 Å². The summed E-state index contributed by atoms with van der Waals surface area (Å²) >= 11 is 12.9. The third-order valence-corrected chi connectivity index (χ3v) is 8.77. The van der Waals surface area contributed by atoms with E-state index in [4.69, 9.17) is 28.0 Å². The molecule has 1 fully saturated rings. The number of hydroxylamine groups is 1. The lowest BCUT2D eigenvalue weighted by atomic mass is 9.76. The van der Waals surface area contributed by atoms with E-state index in [-0.39, 0.29) is 17.5 Å². The van der Waals surface area contributed by atoms with Crippen LogP contribution < -0.4 is 10.2 Å². The van der Waals surface area contributed by atoms with Gasteiger partial charge in [0.15, 0.2) is 5.82 Å². The Morgan fingerprint density at radius 3 is 2.59 bits per heavy atom. The fourth-order valence-corrected chi connectivity index (χ4v) is 7.08. The van der Waals surface area contributed by atoms with E-state index >= 15 is 0 Å². The Kier molecular flexibility index (Phi) is 8.62. The maximum Gasteiger partial charge on any atom is 0.255 e. The van der Waals surface area contributed by atoms with Crippen molar-refractivity contribution in [3.63, 3.8) is 0 Å². The van der Waals surface area contributed by atoms with Crippen LogP contribution in [0.5, 0.6) is 0 Å². The molecule has 218 valence electrons. The number of rotatable bonds is 8. The average molecular weight is 623 g/mol. The number of aryl methyl sites for hydroxylation is 1. The molecule has 2 heterocycles. The summed E-state index contributed by atoms with van der Waals surface area (Å²) in [6.07, 6.45) is 3.75. The van der Waals surface area contributed by atoms with E-state index in [1.54, 1.807) is 54.4 Å². The largest absolute Gasteiger partial charge is 0.326 e. The number of benzene rings is 2. The molecular weight excluding hydrogens is 593 g/mol. The lowest BCUT2D eigenvalue weighted by Crippen LogP contribution is -2.59. The lowest BCUT2D eigenvalue weighted by molar-refractivity contribution is -0.138. The molecule has 15 heteroatoms. The van der Waals surface area contributed by atoms with Crippen LogP contribution in [0.15, 0.2) is 42.5 Å². The molecule has 1 aliphatic carbocycles. The average Bonchev–Trinajstić information content (AvgIpc) is 3.33. The van der Waals surface area contributed by atoms with Crippen molar-refractivity contribution in [2.45, 2.75) is 56.3 Å². The molecule has 0 spiro atoms. The molecular formula is C26H29Cl2N7O5S. The molecule has 1 saturated carbocycles. The van der Waals surface area contributed by atoms with E-state index in [1.165, 1.54) is 4.68 Å². The van der Waals surface area contributed by atoms with Gasteiger partial charge >= 0.3 is 0 Å². The minimum absolute atomic E-state index is 0.0956. The van der Waals surface area contributed by atoms with Gasteiger partial charge in [0.05, 0.1) is 18.2 Å². The SMILES string of the molecule is Cn1nnnc1CONC(=O)[C@@H]1c2ccccc2C(=O)N(C2CCCC[C@@H]2NS(C)(=O)=O)[C@H]1c1ccc(Cl)cc1Cl. The van der Waals surface area contributed by atoms with Crippen LogP contribution in [0.1, 0.15) is 65.0 Å². The van der Waals surface area contributed by atoms with Gasteiger partial charge in [-0.2, -0.15) is 0 Å². The highest BCUT2D eigenvalue weighted by Gasteiger charge is 2.49. The smallest absolute Gasteiger partial charge is 0.255 e. The third-order valence-electron chi connectivity index (χ3n) is 7.47. The van der Waals surface area contributed by atoms with Crippen molar-refractivity contribution in [2.75, 3.05) is 6.26 Å². The zero-order valence-electron chi connectivity index (χ0n) is 22.3. The van der Waals surface area contributed by atoms with Crippen LogP contribution in [0, 0.1) is 0 Å². The molecule has 0 saturated heterocycles. The Morgan fingerprint density at radius 1 is 1.12 bits per heavy atom. The fraction of sp³-hybridized carbons (Fsp3) is 0.423. The number of carbonyl (C=O) groups excluding carboxylic acids is 2. The van der Waals surface area contributed by atoms with Crippen LogP contribution in [0.25, 0.3) is 0 Å². The number of tetrazole rings is 1. The van der Waals surface area contributed by atoms with E-state index in [0.29, 0.717) is 40.4 Å². The van der Waals surface area contributed by atoms with E-state index < -0.39 is 40.0 Å². The van der Waals surface area contributed by atoms with Crippen molar-refractivity contribution in [1.82, 2.24) is 35.3 Å². The molecule has 1 unspecified atom stereocenters. The Labute approximate surface area is 247 Å². The zero-order chi connectivity index (χ0) is 29.3. The number of aromatic nitrogens is 4. The summed E-state index contributed by atoms with van der Waals surface area (Å²) in [7, 11) is -1.94. The number of carbonyl (C=O) groups is 2. The second-order valence-electron chi connectivity index (χ2n) is 10.2. The molecule has 2 aliphatic rings. The number of hydrogen-bond donors (Lipinski definition) is 2. The van der Waals surface area contributed by atoms with Crippen molar-refractivity contribution in [1.29, 1.82) is 0 Å². The number of fused-ring (bicyclic) bond motifs is 1. The molecule has 41 heavy (non-hydrogen) atoms. The predicted molar refractivity (Wildman–Crippen MR) is 150 cm³/mol. The number of sulfonamides is 1. The number of hydrogen-bond acceptors (Lipinski definition) is 8. The van der Waals surface area contributed by atoms with Gasteiger partial charge in [0.1, 0.15) is 6.61 Å². The summed E-state index contributed by atoms with van der Waals surface area (Å²) in [4.78, 5) is 35.4. The number of nitrogens with zero attached hydrogens (tertiary/aromatic N) is 5. The van der Waals surface area contributed by atoms with Gasteiger partial charge in [0.25, 0.3) is 11.8 Å². The minimum atomic E-state index is -3.59. The van der Waals surface area contributed by atoms with Gasteiger partial charge in [-0.05, 0) is 52.6 Å². The first-order chi connectivity index (χ1) is 19.5. The van der Waals surface area contributed by atoms with Gasteiger partial charge in [-0.1, -0.05) is 60.3 Å². The van der Waals surface area contributed by atoms with Gasteiger partial charge < -0.3 is 4.90 Å². The summed E-state index contributed by atoms with van der Waals surface area (Å²) in [5.41, 5.74) is 3.85. The maximum absolute atomic E-state index is 14.3. The first-order valence-corrected chi connectivity index (χ1v) is 15.7. The number of amides is 2. The number of halogens is 2. The number of nitrogens with one attached hydrogen (secondary N) is 2. The third kappa shape index (κ3) is 6.24. The summed E-state index contributed by atoms with van der Waals surface area (Å²) in [6, 6.07) is 9.78. The van der Waals surface area contributed by atoms with Crippen LogP contribution >= 0.6 is 23.2 Å². The Morgan fingerprint density at radius 2 is 1.88 bits per heavy atom. The van der Waals surface area contributed by atoms with Crippen molar-refractivity contribution in [3.05, 3.63) is 75.0 Å². The first-order valence-electron chi connectivity index (χ1n) is 13.0. The molecule has 0 radical (unpaired) electrons. The molecule has 0 bridgehead atoms. The Balaban J connectivity index is 1.61. The predicted octanol–water partition coefficient (Wildman–Crippen LogP) is 2.91. The van der Waals surface area contributed by atoms with Crippen LogP contribution in [-0.2, 0) is 33.3 Å². The molecule has 2 aromatic carbocycles. The quantitative estimate of drug-likeness (QED) is 0.365. The Bertz CT molecular complexity index is 1570. The molecule has 3 aromatic rings. The van der Waals surface area contributed by atoms with Crippen LogP contribution in [0.4, 0.5) is 0 Å². The van der Waals surface area contributed by atoms with Gasteiger partial charge in [0.2, 0.25) is 10.0 Å². The molecule has 2 amide bonds. The normalized spacial score (nSPS) is 22.8. The van der Waals surface area contributed by atoms with Crippen molar-refractivity contribution >= 4 is 45.0 Å². The minimum Gasteiger partial charge on any atom is -0.326 e. The highest BCUT2D eigenvalue weighted by Crippen LogP contribution is 2.47. The fourth-order valence-electron chi connectivity index (χ4n) is 5.73. The molecule has 12 nitrogen and oxygen atoms in total. The second-order valence-corrected chi connectivity index (χ2v) is 12.8. The first kappa shape index (κ1) is 29.4. The summed E-state index contributed by atoms with van der Waals surface area (Å²) in [6.45, 7) is -0.0956. The zero-order valence-corrected chi connectivity index (χ0v) is 24.7. The lowest BCUT2D eigenvalue weighted by Gasteiger charge is -2.49.